The second-order valence-corrected chi connectivity index (χ2v) is 5.47. The van der Waals surface area contributed by atoms with Gasteiger partial charge in [-0.25, -0.2) is 0 Å². The van der Waals surface area contributed by atoms with Gasteiger partial charge in [-0.3, -0.25) is 4.79 Å². The van der Waals surface area contributed by atoms with Crippen molar-refractivity contribution >= 4 is 17.5 Å². The van der Waals surface area contributed by atoms with Crippen molar-refractivity contribution in [1.82, 2.24) is 0 Å². The van der Waals surface area contributed by atoms with Crippen molar-refractivity contribution in [3.63, 3.8) is 0 Å². The summed E-state index contributed by atoms with van der Waals surface area (Å²) in [6.45, 7) is 6.04. The highest BCUT2D eigenvalue weighted by molar-refractivity contribution is 6.07. The van der Waals surface area contributed by atoms with Crippen molar-refractivity contribution in [2.75, 3.05) is 19.0 Å². The highest BCUT2D eigenvalue weighted by atomic mass is 16.5. The summed E-state index contributed by atoms with van der Waals surface area (Å²) in [5.74, 6) is 0.611. The molecular formula is C21H23NO3. The van der Waals surface area contributed by atoms with E-state index >= 15 is 0 Å². The van der Waals surface area contributed by atoms with Crippen LogP contribution in [0.3, 0.4) is 0 Å². The van der Waals surface area contributed by atoms with E-state index in [-0.39, 0.29) is 11.5 Å². The van der Waals surface area contributed by atoms with Crippen LogP contribution in [0.2, 0.25) is 0 Å². The lowest BCUT2D eigenvalue weighted by Crippen LogP contribution is -1.97. The molecule has 0 fully saturated rings. The van der Waals surface area contributed by atoms with E-state index in [9.17, 15) is 9.90 Å². The molecule has 0 aliphatic heterocycles. The van der Waals surface area contributed by atoms with E-state index in [4.69, 9.17) is 4.74 Å². The zero-order valence-corrected chi connectivity index (χ0v) is 14.6. The molecule has 0 bridgehead atoms. The molecule has 0 aromatic heterocycles. The molecule has 0 aliphatic rings. The topological polar surface area (TPSA) is 58.6 Å². The van der Waals surface area contributed by atoms with Crippen LogP contribution in [0, 0.1) is 0 Å². The highest BCUT2D eigenvalue weighted by Crippen LogP contribution is 2.30. The molecular weight excluding hydrogens is 314 g/mol. The number of carbonyl (C=O) groups is 1. The van der Waals surface area contributed by atoms with Gasteiger partial charge in [0.25, 0.3) is 0 Å². The summed E-state index contributed by atoms with van der Waals surface area (Å²) in [4.78, 5) is 12.4. The first-order valence-electron chi connectivity index (χ1n) is 8.18. The molecule has 0 saturated carbocycles. The van der Waals surface area contributed by atoms with Crippen LogP contribution in [0.15, 0.2) is 55.1 Å². The largest absolute Gasteiger partial charge is 0.508 e. The number of phenolic OH excluding ortho intramolecular Hbond substituents is 1. The third-order valence-corrected chi connectivity index (χ3v) is 3.75. The molecule has 0 atom stereocenters. The Hall–Kier alpha value is -3.01. The number of hydrogen-bond acceptors (Lipinski definition) is 4. The molecule has 2 aromatic rings. The van der Waals surface area contributed by atoms with Crippen molar-refractivity contribution in [1.29, 1.82) is 0 Å². The SMILES string of the molecule is C=CCc1cc(C=CC(=O)c2ccc(NC)cc2)c(OCC)cc1O. The minimum absolute atomic E-state index is 0.0940. The Morgan fingerprint density at radius 2 is 2.00 bits per heavy atom. The second-order valence-electron chi connectivity index (χ2n) is 5.47. The van der Waals surface area contributed by atoms with Gasteiger partial charge in [0.05, 0.1) is 6.61 Å². The molecule has 4 nitrogen and oxygen atoms in total. The van der Waals surface area contributed by atoms with Gasteiger partial charge in [0.1, 0.15) is 11.5 Å². The first-order chi connectivity index (χ1) is 12.1. The van der Waals surface area contributed by atoms with Gasteiger partial charge in [-0.15, -0.1) is 6.58 Å². The molecule has 0 saturated heterocycles. The standard InChI is InChI=1S/C21H23NO3/c1-4-6-16-13-17(21(25-5-2)14-20(16)24)9-12-19(23)15-7-10-18(22-3)11-8-15/h4,7-14,22,24H,1,5-6H2,2-3H3. The van der Waals surface area contributed by atoms with E-state index in [1.807, 2.05) is 32.2 Å². The van der Waals surface area contributed by atoms with E-state index in [0.717, 1.165) is 16.8 Å². The predicted octanol–water partition coefficient (Wildman–Crippen LogP) is 4.46. The van der Waals surface area contributed by atoms with E-state index < -0.39 is 0 Å². The number of phenols is 1. The Morgan fingerprint density at radius 3 is 2.60 bits per heavy atom. The number of aromatic hydroxyl groups is 1. The third kappa shape index (κ3) is 4.73. The third-order valence-electron chi connectivity index (χ3n) is 3.75. The van der Waals surface area contributed by atoms with Gasteiger partial charge in [0.15, 0.2) is 5.78 Å². The van der Waals surface area contributed by atoms with Gasteiger partial charge in [-0.1, -0.05) is 6.08 Å². The first-order valence-corrected chi connectivity index (χ1v) is 8.18. The molecule has 4 heteroatoms. The summed E-state index contributed by atoms with van der Waals surface area (Å²) >= 11 is 0. The normalized spacial score (nSPS) is 10.6. The number of ether oxygens (including phenoxy) is 1. The smallest absolute Gasteiger partial charge is 0.185 e. The average molecular weight is 337 g/mol. The fourth-order valence-electron chi connectivity index (χ4n) is 2.43. The van der Waals surface area contributed by atoms with Crippen LogP contribution in [-0.4, -0.2) is 24.5 Å². The number of anilines is 1. The molecule has 0 amide bonds. The van der Waals surface area contributed by atoms with E-state index in [1.54, 1.807) is 30.4 Å². The van der Waals surface area contributed by atoms with Crippen LogP contribution in [0.5, 0.6) is 11.5 Å². The molecule has 2 N–H and O–H groups in total. The Bertz CT molecular complexity index is 776. The van der Waals surface area contributed by atoms with Crippen LogP contribution in [0.25, 0.3) is 6.08 Å². The first kappa shape index (κ1) is 18.3. The van der Waals surface area contributed by atoms with Gasteiger partial charge in [-0.05, 0) is 61.4 Å². The van der Waals surface area contributed by atoms with E-state index in [0.29, 0.717) is 24.3 Å². The molecule has 0 spiro atoms. The van der Waals surface area contributed by atoms with Crippen LogP contribution in [0.1, 0.15) is 28.4 Å². The van der Waals surface area contributed by atoms with Gasteiger partial charge < -0.3 is 15.2 Å². The predicted molar refractivity (Wildman–Crippen MR) is 103 cm³/mol. The Morgan fingerprint density at radius 1 is 1.28 bits per heavy atom. The van der Waals surface area contributed by atoms with Crippen LogP contribution >= 0.6 is 0 Å². The van der Waals surface area contributed by atoms with E-state index in [1.165, 1.54) is 6.08 Å². The minimum atomic E-state index is -0.0940. The molecule has 25 heavy (non-hydrogen) atoms. The summed E-state index contributed by atoms with van der Waals surface area (Å²) in [5, 5.41) is 13.1. The Balaban J connectivity index is 2.29. The van der Waals surface area contributed by atoms with Crippen molar-refractivity contribution in [2.45, 2.75) is 13.3 Å². The van der Waals surface area contributed by atoms with Crippen molar-refractivity contribution in [3.8, 4) is 11.5 Å². The molecule has 0 radical (unpaired) electrons. The lowest BCUT2D eigenvalue weighted by atomic mass is 10.0. The zero-order chi connectivity index (χ0) is 18.2. The van der Waals surface area contributed by atoms with Crippen molar-refractivity contribution in [3.05, 3.63) is 71.8 Å². The Kier molecular flexibility index (Phi) is 6.40. The van der Waals surface area contributed by atoms with Crippen LogP contribution in [-0.2, 0) is 6.42 Å². The number of ketones is 1. The summed E-state index contributed by atoms with van der Waals surface area (Å²) < 4.78 is 5.56. The number of hydrogen-bond donors (Lipinski definition) is 2. The lowest BCUT2D eigenvalue weighted by molar-refractivity contribution is 0.104. The fourth-order valence-corrected chi connectivity index (χ4v) is 2.43. The average Bonchev–Trinajstić information content (AvgIpc) is 2.63. The van der Waals surface area contributed by atoms with Gasteiger partial charge in [0.2, 0.25) is 0 Å². The Labute approximate surface area is 148 Å². The fraction of sp³-hybridized carbons (Fsp3) is 0.190. The monoisotopic (exact) mass is 337 g/mol. The molecule has 0 unspecified atom stereocenters. The van der Waals surface area contributed by atoms with Crippen molar-refractivity contribution in [2.24, 2.45) is 0 Å². The minimum Gasteiger partial charge on any atom is -0.508 e. The van der Waals surface area contributed by atoms with Gasteiger partial charge in [0, 0.05) is 29.9 Å². The zero-order valence-electron chi connectivity index (χ0n) is 14.6. The quantitative estimate of drug-likeness (QED) is 0.424. The van der Waals surface area contributed by atoms with Gasteiger partial charge in [-0.2, -0.15) is 0 Å². The summed E-state index contributed by atoms with van der Waals surface area (Å²) in [7, 11) is 1.83. The van der Waals surface area contributed by atoms with Crippen LogP contribution in [0.4, 0.5) is 5.69 Å². The maximum Gasteiger partial charge on any atom is 0.185 e. The second kappa shape index (κ2) is 8.73. The van der Waals surface area contributed by atoms with E-state index in [2.05, 4.69) is 11.9 Å². The number of rotatable bonds is 8. The summed E-state index contributed by atoms with van der Waals surface area (Å²) in [6, 6.07) is 10.7. The van der Waals surface area contributed by atoms with Gasteiger partial charge >= 0.3 is 0 Å². The molecule has 2 aromatic carbocycles. The van der Waals surface area contributed by atoms with Crippen LogP contribution < -0.4 is 10.1 Å². The number of benzene rings is 2. The molecule has 2 rings (SSSR count). The van der Waals surface area contributed by atoms with Crippen molar-refractivity contribution < 1.29 is 14.6 Å². The lowest BCUT2D eigenvalue weighted by Gasteiger charge is -2.11. The number of nitrogens with one attached hydrogen (secondary N) is 1. The molecule has 0 heterocycles. The maximum absolute atomic E-state index is 12.4. The molecule has 0 aliphatic carbocycles. The number of allylic oxidation sites excluding steroid dienone is 2. The number of carbonyl (C=O) groups excluding carboxylic acids is 1. The summed E-state index contributed by atoms with van der Waals surface area (Å²) in [6.07, 6.45) is 5.49. The molecule has 130 valence electrons. The maximum atomic E-state index is 12.4. The summed E-state index contributed by atoms with van der Waals surface area (Å²) in [5.41, 5.74) is 3.05. The highest BCUT2D eigenvalue weighted by Gasteiger charge is 2.09.